The third-order valence-electron chi connectivity index (χ3n) is 3.87. The number of aryl methyl sites for hydroxylation is 1. The van der Waals surface area contributed by atoms with E-state index in [4.69, 9.17) is 4.74 Å². The van der Waals surface area contributed by atoms with E-state index in [1.54, 1.807) is 11.3 Å². The summed E-state index contributed by atoms with van der Waals surface area (Å²) in [5.41, 5.74) is 2.51. The van der Waals surface area contributed by atoms with Crippen LogP contribution in [0, 0.1) is 13.8 Å². The fraction of sp³-hybridized carbons (Fsp3) is 0.222. The summed E-state index contributed by atoms with van der Waals surface area (Å²) >= 11 is 1.68. The van der Waals surface area contributed by atoms with Gasteiger partial charge in [0.1, 0.15) is 0 Å². The van der Waals surface area contributed by atoms with Crippen molar-refractivity contribution in [2.45, 2.75) is 20.4 Å². The predicted octanol–water partition coefficient (Wildman–Crippen LogP) is 3.04. The Hall–Kier alpha value is -2.80. The fourth-order valence-electron chi connectivity index (χ4n) is 2.57. The smallest absolute Gasteiger partial charge is 0.358 e. The Labute approximate surface area is 149 Å². The average molecular weight is 355 g/mol. The van der Waals surface area contributed by atoms with Crippen LogP contribution in [-0.2, 0) is 11.3 Å². The normalized spacial score (nSPS) is 10.6. The largest absolute Gasteiger partial charge is 0.453 e. The van der Waals surface area contributed by atoms with Gasteiger partial charge in [0.05, 0.1) is 12.7 Å². The zero-order valence-corrected chi connectivity index (χ0v) is 14.7. The molecule has 0 spiro atoms. The minimum absolute atomic E-state index is 0.0819. The number of carbonyl (C=O) groups excluding carboxylic acids is 2. The summed E-state index contributed by atoms with van der Waals surface area (Å²) in [6.07, 6.45) is 4.17. The highest BCUT2D eigenvalue weighted by atomic mass is 32.1. The minimum Gasteiger partial charge on any atom is -0.453 e. The molecule has 3 heterocycles. The second-order valence-corrected chi connectivity index (χ2v) is 6.57. The number of esters is 1. The van der Waals surface area contributed by atoms with Crippen LogP contribution < -0.4 is 0 Å². The van der Waals surface area contributed by atoms with Gasteiger partial charge in [0.2, 0.25) is 5.78 Å². The summed E-state index contributed by atoms with van der Waals surface area (Å²) in [5, 5.41) is 2.03. The van der Waals surface area contributed by atoms with Crippen LogP contribution in [-0.4, -0.2) is 32.9 Å². The first kappa shape index (κ1) is 17.0. The zero-order chi connectivity index (χ0) is 17.8. The first-order valence-electron chi connectivity index (χ1n) is 7.71. The number of Topliss-reactive ketones (excluding diaryl/α,β-unsaturated/α-hetero) is 1. The second kappa shape index (κ2) is 7.40. The molecule has 0 amide bonds. The molecule has 0 bridgehead atoms. The molecule has 0 unspecified atom stereocenters. The quantitative estimate of drug-likeness (QED) is 0.502. The van der Waals surface area contributed by atoms with E-state index in [0.29, 0.717) is 5.56 Å². The van der Waals surface area contributed by atoms with E-state index < -0.39 is 5.97 Å². The fourth-order valence-corrected chi connectivity index (χ4v) is 3.27. The number of aromatic nitrogens is 3. The van der Waals surface area contributed by atoms with Gasteiger partial charge in [0, 0.05) is 34.2 Å². The lowest BCUT2D eigenvalue weighted by Crippen LogP contribution is -2.16. The van der Waals surface area contributed by atoms with Crippen LogP contribution in [0.3, 0.4) is 0 Å². The molecule has 0 saturated heterocycles. The average Bonchev–Trinajstić information content (AvgIpc) is 3.24. The monoisotopic (exact) mass is 355 g/mol. The lowest BCUT2D eigenvalue weighted by molar-refractivity contribution is 0.0468. The Morgan fingerprint density at radius 1 is 1.28 bits per heavy atom. The first-order chi connectivity index (χ1) is 12.1. The van der Waals surface area contributed by atoms with Crippen LogP contribution >= 0.6 is 11.3 Å². The van der Waals surface area contributed by atoms with Gasteiger partial charge < -0.3 is 9.30 Å². The van der Waals surface area contributed by atoms with Gasteiger partial charge in [-0.25, -0.2) is 9.78 Å². The van der Waals surface area contributed by atoms with Crippen molar-refractivity contribution in [2.24, 2.45) is 0 Å². The van der Waals surface area contributed by atoms with Gasteiger partial charge in [-0.15, -0.1) is 11.3 Å². The maximum Gasteiger partial charge on any atom is 0.358 e. The summed E-state index contributed by atoms with van der Waals surface area (Å²) in [4.78, 5) is 33.2. The number of hydrogen-bond acceptors (Lipinski definition) is 6. The highest BCUT2D eigenvalue weighted by molar-refractivity contribution is 7.09. The van der Waals surface area contributed by atoms with Gasteiger partial charge in [-0.3, -0.25) is 9.78 Å². The Bertz CT molecular complexity index is 886. The molecular weight excluding hydrogens is 338 g/mol. The highest BCUT2D eigenvalue weighted by Crippen LogP contribution is 2.20. The van der Waals surface area contributed by atoms with E-state index in [2.05, 4.69) is 20.6 Å². The SMILES string of the molecule is Cc1cc(C(=O)COC(=O)c2cnccn2)c(C)n1Cc1cccs1. The molecular formula is C18H17N3O3S. The number of nitrogens with zero attached hydrogens (tertiary/aromatic N) is 3. The Morgan fingerprint density at radius 2 is 2.12 bits per heavy atom. The van der Waals surface area contributed by atoms with Crippen LogP contribution in [0.5, 0.6) is 0 Å². The molecule has 0 aliphatic rings. The molecule has 3 aromatic heterocycles. The van der Waals surface area contributed by atoms with Crippen molar-refractivity contribution in [3.63, 3.8) is 0 Å². The van der Waals surface area contributed by atoms with Crippen LogP contribution in [0.1, 0.15) is 37.1 Å². The van der Waals surface area contributed by atoms with Crippen molar-refractivity contribution in [2.75, 3.05) is 6.61 Å². The minimum atomic E-state index is -0.658. The van der Waals surface area contributed by atoms with Crippen molar-refractivity contribution in [3.05, 3.63) is 69.7 Å². The number of rotatable bonds is 6. The van der Waals surface area contributed by atoms with E-state index in [1.165, 1.54) is 23.5 Å². The van der Waals surface area contributed by atoms with Gasteiger partial charge in [0.15, 0.2) is 12.3 Å². The predicted molar refractivity (Wildman–Crippen MR) is 94.0 cm³/mol. The molecule has 6 nitrogen and oxygen atoms in total. The molecule has 3 rings (SSSR count). The Morgan fingerprint density at radius 3 is 2.80 bits per heavy atom. The van der Waals surface area contributed by atoms with Crippen LogP contribution in [0.2, 0.25) is 0 Å². The molecule has 0 radical (unpaired) electrons. The lowest BCUT2D eigenvalue weighted by atomic mass is 10.1. The van der Waals surface area contributed by atoms with E-state index in [-0.39, 0.29) is 18.1 Å². The number of hydrogen-bond donors (Lipinski definition) is 0. The van der Waals surface area contributed by atoms with E-state index >= 15 is 0 Å². The summed E-state index contributed by atoms with van der Waals surface area (Å²) in [5.74, 6) is -0.892. The molecule has 0 aromatic carbocycles. The maximum atomic E-state index is 12.4. The number of carbonyl (C=O) groups is 2. The van der Waals surface area contributed by atoms with E-state index in [9.17, 15) is 9.59 Å². The lowest BCUT2D eigenvalue weighted by Gasteiger charge is -2.08. The summed E-state index contributed by atoms with van der Waals surface area (Å²) < 4.78 is 7.14. The number of ketones is 1. The van der Waals surface area contributed by atoms with Crippen LogP contribution in [0.15, 0.2) is 42.2 Å². The summed E-state index contributed by atoms with van der Waals surface area (Å²) in [6, 6.07) is 5.90. The first-order valence-corrected chi connectivity index (χ1v) is 8.59. The van der Waals surface area contributed by atoms with Gasteiger partial charge in [-0.2, -0.15) is 0 Å². The maximum absolute atomic E-state index is 12.4. The van der Waals surface area contributed by atoms with Gasteiger partial charge in [-0.1, -0.05) is 6.07 Å². The van der Waals surface area contributed by atoms with Gasteiger partial charge >= 0.3 is 5.97 Å². The Kier molecular flexibility index (Phi) is 5.04. The number of thiophene rings is 1. The standard InChI is InChI=1S/C18H17N3O3S/c1-12-8-15(13(2)21(12)10-14-4-3-7-25-14)17(22)11-24-18(23)16-9-19-5-6-20-16/h3-9H,10-11H2,1-2H3. The third-order valence-corrected chi connectivity index (χ3v) is 4.74. The van der Waals surface area contributed by atoms with Crippen molar-refractivity contribution < 1.29 is 14.3 Å². The van der Waals surface area contributed by atoms with Crippen LogP contribution in [0.25, 0.3) is 0 Å². The van der Waals surface area contributed by atoms with E-state index in [1.807, 2.05) is 31.4 Å². The molecule has 25 heavy (non-hydrogen) atoms. The molecule has 128 valence electrons. The summed E-state index contributed by atoms with van der Waals surface area (Å²) in [6.45, 7) is 4.27. The zero-order valence-electron chi connectivity index (χ0n) is 13.9. The van der Waals surface area contributed by atoms with Crippen LogP contribution in [0.4, 0.5) is 0 Å². The molecule has 7 heteroatoms. The topological polar surface area (TPSA) is 74.1 Å². The third kappa shape index (κ3) is 3.83. The Balaban J connectivity index is 1.69. The molecule has 0 fully saturated rings. The summed E-state index contributed by atoms with van der Waals surface area (Å²) in [7, 11) is 0. The van der Waals surface area contributed by atoms with Gasteiger partial charge in [-0.05, 0) is 31.4 Å². The molecule has 3 aromatic rings. The molecule has 0 atom stereocenters. The van der Waals surface area contributed by atoms with Crippen molar-refractivity contribution >= 4 is 23.1 Å². The van der Waals surface area contributed by atoms with Crippen molar-refractivity contribution in [1.82, 2.24) is 14.5 Å². The molecule has 0 aliphatic heterocycles. The second-order valence-electron chi connectivity index (χ2n) is 5.54. The molecule has 0 aliphatic carbocycles. The highest BCUT2D eigenvalue weighted by Gasteiger charge is 2.18. The van der Waals surface area contributed by atoms with Crippen molar-refractivity contribution in [3.8, 4) is 0 Å². The number of ether oxygens (including phenoxy) is 1. The van der Waals surface area contributed by atoms with Crippen molar-refractivity contribution in [1.29, 1.82) is 0 Å². The molecule has 0 N–H and O–H groups in total. The van der Waals surface area contributed by atoms with Gasteiger partial charge in [0.25, 0.3) is 0 Å². The van der Waals surface area contributed by atoms with E-state index in [0.717, 1.165) is 17.9 Å². The molecule has 0 saturated carbocycles.